The molecule has 1 aliphatic heterocycles. The fourth-order valence-corrected chi connectivity index (χ4v) is 2.71. The molecule has 1 aromatic rings. The summed E-state index contributed by atoms with van der Waals surface area (Å²) in [6.07, 6.45) is 3.50. The SMILES string of the molecule is CC(C)CCN[C@@H](C)c1ccc(N2CCCC2)c(F)c1. The highest BCUT2D eigenvalue weighted by Gasteiger charge is 2.17. The number of halogens is 1. The topological polar surface area (TPSA) is 15.3 Å². The summed E-state index contributed by atoms with van der Waals surface area (Å²) in [5.74, 6) is 0.617. The van der Waals surface area contributed by atoms with Crippen LogP contribution in [0.4, 0.5) is 10.1 Å². The quantitative estimate of drug-likeness (QED) is 0.842. The van der Waals surface area contributed by atoms with Crippen molar-refractivity contribution in [3.8, 4) is 0 Å². The summed E-state index contributed by atoms with van der Waals surface area (Å²) in [5, 5.41) is 3.47. The van der Waals surface area contributed by atoms with Crippen LogP contribution in [0.15, 0.2) is 18.2 Å². The Morgan fingerprint density at radius 3 is 2.50 bits per heavy atom. The third kappa shape index (κ3) is 3.95. The first-order valence-electron chi connectivity index (χ1n) is 7.85. The molecule has 0 aromatic heterocycles. The molecule has 3 heteroatoms. The van der Waals surface area contributed by atoms with E-state index >= 15 is 0 Å². The molecule has 0 radical (unpaired) electrons. The van der Waals surface area contributed by atoms with E-state index in [2.05, 4.69) is 37.1 Å². The van der Waals surface area contributed by atoms with E-state index in [1.54, 1.807) is 6.07 Å². The first-order valence-corrected chi connectivity index (χ1v) is 7.85. The van der Waals surface area contributed by atoms with Gasteiger partial charge < -0.3 is 10.2 Å². The van der Waals surface area contributed by atoms with Crippen molar-refractivity contribution < 1.29 is 4.39 Å². The van der Waals surface area contributed by atoms with Gasteiger partial charge >= 0.3 is 0 Å². The van der Waals surface area contributed by atoms with Crippen molar-refractivity contribution in [1.82, 2.24) is 5.32 Å². The van der Waals surface area contributed by atoms with Crippen LogP contribution >= 0.6 is 0 Å². The predicted octanol–water partition coefficient (Wildman–Crippen LogP) is 4.12. The Bertz CT molecular complexity index is 425. The number of hydrogen-bond acceptors (Lipinski definition) is 2. The van der Waals surface area contributed by atoms with Crippen LogP contribution in [-0.4, -0.2) is 19.6 Å². The molecule has 0 aliphatic carbocycles. The lowest BCUT2D eigenvalue weighted by Crippen LogP contribution is -2.22. The van der Waals surface area contributed by atoms with Gasteiger partial charge in [0.2, 0.25) is 0 Å². The summed E-state index contributed by atoms with van der Waals surface area (Å²) in [4.78, 5) is 2.15. The van der Waals surface area contributed by atoms with Crippen molar-refractivity contribution in [2.45, 2.75) is 46.1 Å². The van der Waals surface area contributed by atoms with E-state index in [0.29, 0.717) is 5.92 Å². The molecule has 20 heavy (non-hydrogen) atoms. The Morgan fingerprint density at radius 1 is 1.20 bits per heavy atom. The summed E-state index contributed by atoms with van der Waals surface area (Å²) in [5.41, 5.74) is 1.80. The van der Waals surface area contributed by atoms with Crippen LogP contribution in [0.5, 0.6) is 0 Å². The fourth-order valence-electron chi connectivity index (χ4n) is 2.71. The smallest absolute Gasteiger partial charge is 0.146 e. The van der Waals surface area contributed by atoms with Crippen LogP contribution in [0.1, 0.15) is 51.6 Å². The predicted molar refractivity (Wildman–Crippen MR) is 83.7 cm³/mol. The lowest BCUT2D eigenvalue weighted by atomic mass is 10.1. The van der Waals surface area contributed by atoms with Crippen LogP contribution in [-0.2, 0) is 0 Å². The van der Waals surface area contributed by atoms with E-state index in [4.69, 9.17) is 0 Å². The van der Waals surface area contributed by atoms with Gasteiger partial charge in [-0.2, -0.15) is 0 Å². The highest BCUT2D eigenvalue weighted by Crippen LogP contribution is 2.26. The highest BCUT2D eigenvalue weighted by molar-refractivity contribution is 5.50. The maximum absolute atomic E-state index is 14.2. The van der Waals surface area contributed by atoms with Gasteiger partial charge in [-0.25, -0.2) is 4.39 Å². The molecule has 2 nitrogen and oxygen atoms in total. The first-order chi connectivity index (χ1) is 9.58. The molecule has 1 aromatic carbocycles. The van der Waals surface area contributed by atoms with E-state index in [1.807, 2.05) is 6.07 Å². The monoisotopic (exact) mass is 278 g/mol. The largest absolute Gasteiger partial charge is 0.369 e. The van der Waals surface area contributed by atoms with Crippen molar-refractivity contribution in [2.24, 2.45) is 5.92 Å². The molecule has 0 bridgehead atoms. The minimum atomic E-state index is -0.0816. The van der Waals surface area contributed by atoms with Crippen LogP contribution in [0.25, 0.3) is 0 Å². The van der Waals surface area contributed by atoms with Gasteiger partial charge in [-0.05, 0) is 56.3 Å². The van der Waals surface area contributed by atoms with E-state index in [9.17, 15) is 4.39 Å². The summed E-state index contributed by atoms with van der Waals surface area (Å²) in [6, 6.07) is 5.90. The first kappa shape index (κ1) is 15.3. The fraction of sp³-hybridized carbons (Fsp3) is 0.647. The maximum atomic E-state index is 14.2. The lowest BCUT2D eigenvalue weighted by molar-refractivity contribution is 0.495. The molecule has 1 aliphatic rings. The molecule has 112 valence electrons. The zero-order chi connectivity index (χ0) is 14.5. The summed E-state index contributed by atoms with van der Waals surface area (Å²) in [7, 11) is 0. The summed E-state index contributed by atoms with van der Waals surface area (Å²) >= 11 is 0. The molecule has 0 amide bonds. The molecule has 0 saturated carbocycles. The van der Waals surface area contributed by atoms with Gasteiger partial charge in [0.1, 0.15) is 5.82 Å². The van der Waals surface area contributed by atoms with E-state index < -0.39 is 0 Å². The summed E-state index contributed by atoms with van der Waals surface area (Å²) < 4.78 is 14.2. The minimum absolute atomic E-state index is 0.0816. The molecule has 1 saturated heterocycles. The number of hydrogen-bond donors (Lipinski definition) is 1. The van der Waals surface area contributed by atoms with Crippen molar-refractivity contribution in [3.05, 3.63) is 29.6 Å². The second-order valence-electron chi connectivity index (χ2n) is 6.26. The molecule has 1 N–H and O–H groups in total. The number of rotatable bonds is 6. The van der Waals surface area contributed by atoms with Gasteiger partial charge in [0.25, 0.3) is 0 Å². The van der Waals surface area contributed by atoms with Crippen LogP contribution < -0.4 is 10.2 Å². The second kappa shape index (κ2) is 7.07. The van der Waals surface area contributed by atoms with Gasteiger partial charge in [-0.3, -0.25) is 0 Å². The van der Waals surface area contributed by atoms with Crippen LogP contribution in [0.3, 0.4) is 0 Å². The number of nitrogens with zero attached hydrogens (tertiary/aromatic N) is 1. The molecule has 1 fully saturated rings. The molecule has 0 spiro atoms. The van der Waals surface area contributed by atoms with Gasteiger partial charge in [0.05, 0.1) is 5.69 Å². The molecule has 0 unspecified atom stereocenters. The lowest BCUT2D eigenvalue weighted by Gasteiger charge is -2.20. The van der Waals surface area contributed by atoms with Gasteiger partial charge in [0, 0.05) is 19.1 Å². The van der Waals surface area contributed by atoms with Crippen molar-refractivity contribution in [2.75, 3.05) is 24.5 Å². The van der Waals surface area contributed by atoms with Crippen molar-refractivity contribution >= 4 is 5.69 Å². The number of anilines is 1. The maximum Gasteiger partial charge on any atom is 0.146 e. The second-order valence-corrected chi connectivity index (χ2v) is 6.26. The van der Waals surface area contributed by atoms with Crippen LogP contribution in [0.2, 0.25) is 0 Å². The third-order valence-corrected chi connectivity index (χ3v) is 4.09. The Labute approximate surface area is 122 Å². The normalized spacial score (nSPS) is 16.9. The van der Waals surface area contributed by atoms with Crippen LogP contribution in [0, 0.1) is 11.7 Å². The van der Waals surface area contributed by atoms with E-state index in [-0.39, 0.29) is 11.9 Å². The Morgan fingerprint density at radius 2 is 1.90 bits per heavy atom. The third-order valence-electron chi connectivity index (χ3n) is 4.09. The average molecular weight is 278 g/mol. The molecule has 1 atom stereocenters. The molecule has 2 rings (SSSR count). The number of nitrogens with one attached hydrogen (secondary N) is 1. The zero-order valence-electron chi connectivity index (χ0n) is 13.0. The highest BCUT2D eigenvalue weighted by atomic mass is 19.1. The Kier molecular flexibility index (Phi) is 5.41. The van der Waals surface area contributed by atoms with Gasteiger partial charge in [-0.15, -0.1) is 0 Å². The average Bonchev–Trinajstić information content (AvgIpc) is 2.91. The van der Waals surface area contributed by atoms with Gasteiger partial charge in [0.15, 0.2) is 0 Å². The summed E-state index contributed by atoms with van der Waals surface area (Å²) in [6.45, 7) is 9.49. The Balaban J connectivity index is 1.97. The Hall–Kier alpha value is -1.09. The van der Waals surface area contributed by atoms with Crippen molar-refractivity contribution in [1.29, 1.82) is 0 Å². The standard InChI is InChI=1S/C17H27FN2/c1-13(2)8-9-19-14(3)15-6-7-17(16(18)12-15)20-10-4-5-11-20/h6-7,12-14,19H,4-5,8-11H2,1-3H3/t14-/m0/s1. The van der Waals surface area contributed by atoms with Gasteiger partial charge in [-0.1, -0.05) is 19.9 Å². The van der Waals surface area contributed by atoms with E-state index in [0.717, 1.165) is 37.3 Å². The molecular formula is C17H27FN2. The van der Waals surface area contributed by atoms with E-state index in [1.165, 1.54) is 12.8 Å². The minimum Gasteiger partial charge on any atom is -0.369 e. The molecular weight excluding hydrogens is 251 g/mol. The number of benzene rings is 1. The zero-order valence-corrected chi connectivity index (χ0v) is 13.0. The molecule has 1 heterocycles. The van der Waals surface area contributed by atoms with Crippen molar-refractivity contribution in [3.63, 3.8) is 0 Å².